The maximum Gasteiger partial charge on any atom is 0.226 e. The second kappa shape index (κ2) is 6.44. The van der Waals surface area contributed by atoms with Gasteiger partial charge in [0, 0.05) is 23.5 Å². The Morgan fingerprint density at radius 1 is 1.32 bits per heavy atom. The van der Waals surface area contributed by atoms with Crippen molar-refractivity contribution in [1.82, 2.24) is 9.55 Å². The highest BCUT2D eigenvalue weighted by Crippen LogP contribution is 2.28. The van der Waals surface area contributed by atoms with Gasteiger partial charge in [0.25, 0.3) is 0 Å². The molecule has 0 aliphatic heterocycles. The third-order valence-electron chi connectivity index (χ3n) is 3.31. The first kappa shape index (κ1) is 14.3. The zero-order valence-electron chi connectivity index (χ0n) is 11.7. The number of carbonyl (C=O) groups excluding carboxylic acids is 1. The number of anilines is 1. The van der Waals surface area contributed by atoms with E-state index in [9.17, 15) is 9.90 Å². The molecule has 0 aliphatic rings. The monoisotopic (exact) mass is 313 g/mol. The molecule has 0 radical (unpaired) electrons. The maximum absolute atomic E-state index is 12.3. The topological polar surface area (TPSA) is 67.2 Å². The van der Waals surface area contributed by atoms with Crippen molar-refractivity contribution >= 4 is 22.9 Å². The van der Waals surface area contributed by atoms with Crippen molar-refractivity contribution in [3.63, 3.8) is 0 Å². The lowest BCUT2D eigenvalue weighted by atomic mass is 10.1. The molecule has 0 saturated heterocycles. The van der Waals surface area contributed by atoms with E-state index >= 15 is 0 Å². The second-order valence-electron chi connectivity index (χ2n) is 4.81. The number of aromatic nitrogens is 2. The van der Waals surface area contributed by atoms with Crippen molar-refractivity contribution in [2.75, 3.05) is 5.32 Å². The summed E-state index contributed by atoms with van der Waals surface area (Å²) >= 11 is 1.62. The van der Waals surface area contributed by atoms with Crippen LogP contribution in [-0.2, 0) is 4.79 Å². The lowest BCUT2D eigenvalue weighted by Gasteiger charge is -2.17. The average Bonchev–Trinajstić information content (AvgIpc) is 3.21. The van der Waals surface area contributed by atoms with Gasteiger partial charge in [-0.1, -0.05) is 6.07 Å². The van der Waals surface area contributed by atoms with Crippen LogP contribution in [0.3, 0.4) is 0 Å². The summed E-state index contributed by atoms with van der Waals surface area (Å²) in [5, 5.41) is 14.4. The number of aromatic hydroxyl groups is 1. The van der Waals surface area contributed by atoms with Gasteiger partial charge in [-0.2, -0.15) is 0 Å². The van der Waals surface area contributed by atoms with Crippen molar-refractivity contribution in [2.45, 2.75) is 12.5 Å². The minimum absolute atomic E-state index is 0.0375. The molecule has 3 heterocycles. The molecule has 112 valence electrons. The third-order valence-corrected chi connectivity index (χ3v) is 4.29. The average molecular weight is 313 g/mol. The molecule has 1 amide bonds. The van der Waals surface area contributed by atoms with Crippen LogP contribution in [0.2, 0.25) is 0 Å². The largest absolute Gasteiger partial charge is 0.504 e. The summed E-state index contributed by atoms with van der Waals surface area (Å²) in [6, 6.07) is 9.39. The molecule has 0 saturated carbocycles. The molecule has 0 fully saturated rings. The van der Waals surface area contributed by atoms with Crippen LogP contribution in [0, 0.1) is 0 Å². The molecule has 1 atom stereocenters. The zero-order valence-corrected chi connectivity index (χ0v) is 12.5. The van der Waals surface area contributed by atoms with E-state index in [1.54, 1.807) is 17.4 Å². The molecule has 0 spiro atoms. The van der Waals surface area contributed by atoms with E-state index in [4.69, 9.17) is 0 Å². The standard InChI is InChI=1S/C16H15N3O2S/c20-14-11-17-6-5-12(14)18-16(21)10-13(15-4-3-9-22-15)19-7-1-2-8-19/h1-9,11,13,20H,10H2,(H,17,18,21). The number of hydrogen-bond donors (Lipinski definition) is 2. The molecule has 3 aromatic rings. The molecular formula is C16H15N3O2S. The van der Waals surface area contributed by atoms with Crippen molar-refractivity contribution < 1.29 is 9.90 Å². The predicted molar refractivity (Wildman–Crippen MR) is 86.0 cm³/mol. The van der Waals surface area contributed by atoms with Crippen LogP contribution in [0.1, 0.15) is 17.3 Å². The highest BCUT2D eigenvalue weighted by molar-refractivity contribution is 7.10. The number of rotatable bonds is 5. The van der Waals surface area contributed by atoms with Crippen molar-refractivity contribution in [3.8, 4) is 5.75 Å². The summed E-state index contributed by atoms with van der Waals surface area (Å²) in [5.74, 6) is -0.196. The van der Waals surface area contributed by atoms with Gasteiger partial charge >= 0.3 is 0 Å². The van der Waals surface area contributed by atoms with Gasteiger partial charge in [0.2, 0.25) is 5.91 Å². The Morgan fingerprint density at radius 2 is 2.14 bits per heavy atom. The van der Waals surface area contributed by atoms with E-state index < -0.39 is 0 Å². The fraction of sp³-hybridized carbons (Fsp3) is 0.125. The molecule has 0 aromatic carbocycles. The molecule has 1 unspecified atom stereocenters. The van der Waals surface area contributed by atoms with E-state index in [-0.39, 0.29) is 24.1 Å². The lowest BCUT2D eigenvalue weighted by Crippen LogP contribution is -2.19. The van der Waals surface area contributed by atoms with Crippen LogP contribution < -0.4 is 5.32 Å². The van der Waals surface area contributed by atoms with Gasteiger partial charge in [0.15, 0.2) is 5.75 Å². The molecule has 0 bridgehead atoms. The molecule has 0 aliphatic carbocycles. The molecule has 6 heteroatoms. The summed E-state index contributed by atoms with van der Waals surface area (Å²) in [7, 11) is 0. The van der Waals surface area contributed by atoms with Gasteiger partial charge in [0.05, 0.1) is 24.3 Å². The van der Waals surface area contributed by atoms with E-state index in [1.165, 1.54) is 12.4 Å². The highest BCUT2D eigenvalue weighted by Gasteiger charge is 2.19. The first-order valence-corrected chi connectivity index (χ1v) is 7.70. The summed E-state index contributed by atoms with van der Waals surface area (Å²) < 4.78 is 2.01. The lowest BCUT2D eigenvalue weighted by molar-refractivity contribution is -0.116. The summed E-state index contributed by atoms with van der Waals surface area (Å²) in [5.41, 5.74) is 0.373. The summed E-state index contributed by atoms with van der Waals surface area (Å²) in [4.78, 5) is 17.2. The zero-order chi connectivity index (χ0) is 15.4. The van der Waals surface area contributed by atoms with Crippen LogP contribution in [-0.4, -0.2) is 20.6 Å². The minimum atomic E-state index is -0.159. The molecule has 3 aromatic heterocycles. The minimum Gasteiger partial charge on any atom is -0.504 e. The fourth-order valence-electron chi connectivity index (χ4n) is 2.26. The molecule has 22 heavy (non-hydrogen) atoms. The third kappa shape index (κ3) is 3.17. The Kier molecular flexibility index (Phi) is 4.20. The number of nitrogens with one attached hydrogen (secondary N) is 1. The van der Waals surface area contributed by atoms with Gasteiger partial charge in [-0.3, -0.25) is 9.78 Å². The van der Waals surface area contributed by atoms with Crippen molar-refractivity contribution in [3.05, 3.63) is 65.4 Å². The first-order valence-electron chi connectivity index (χ1n) is 6.83. The SMILES string of the molecule is O=C(CC(c1cccs1)n1cccc1)Nc1ccncc1O. The van der Waals surface area contributed by atoms with Crippen LogP contribution in [0.4, 0.5) is 5.69 Å². The highest BCUT2D eigenvalue weighted by atomic mass is 32.1. The van der Waals surface area contributed by atoms with Gasteiger partial charge < -0.3 is 15.0 Å². The van der Waals surface area contributed by atoms with Gasteiger partial charge in [0.1, 0.15) is 0 Å². The number of nitrogens with zero attached hydrogens (tertiary/aromatic N) is 2. The quantitative estimate of drug-likeness (QED) is 0.759. The molecule has 2 N–H and O–H groups in total. The summed E-state index contributed by atoms with van der Waals surface area (Å²) in [6.07, 6.45) is 7.01. The smallest absolute Gasteiger partial charge is 0.226 e. The Hall–Kier alpha value is -2.60. The predicted octanol–water partition coefficient (Wildman–Crippen LogP) is 3.27. The number of thiophene rings is 1. The summed E-state index contributed by atoms with van der Waals surface area (Å²) in [6.45, 7) is 0. The normalized spacial score (nSPS) is 12.0. The molecule has 3 rings (SSSR count). The van der Waals surface area contributed by atoms with Gasteiger partial charge in [-0.05, 0) is 29.6 Å². The van der Waals surface area contributed by atoms with Crippen LogP contribution >= 0.6 is 11.3 Å². The number of pyridine rings is 1. The second-order valence-corrected chi connectivity index (χ2v) is 5.79. The van der Waals surface area contributed by atoms with Crippen molar-refractivity contribution in [2.24, 2.45) is 0 Å². The van der Waals surface area contributed by atoms with Crippen LogP contribution in [0.15, 0.2) is 60.5 Å². The van der Waals surface area contributed by atoms with Gasteiger partial charge in [-0.15, -0.1) is 11.3 Å². The Balaban J connectivity index is 1.77. The number of hydrogen-bond acceptors (Lipinski definition) is 4. The number of amides is 1. The van der Waals surface area contributed by atoms with Crippen LogP contribution in [0.5, 0.6) is 5.75 Å². The van der Waals surface area contributed by atoms with Crippen LogP contribution in [0.25, 0.3) is 0 Å². The van der Waals surface area contributed by atoms with E-state index in [1.807, 2.05) is 46.6 Å². The molecular weight excluding hydrogens is 298 g/mol. The van der Waals surface area contributed by atoms with E-state index in [0.29, 0.717) is 5.69 Å². The fourth-order valence-corrected chi connectivity index (χ4v) is 3.09. The first-order chi connectivity index (χ1) is 10.7. The van der Waals surface area contributed by atoms with Crippen molar-refractivity contribution in [1.29, 1.82) is 0 Å². The Morgan fingerprint density at radius 3 is 2.82 bits per heavy atom. The number of carbonyl (C=O) groups is 1. The van der Waals surface area contributed by atoms with E-state index in [2.05, 4.69) is 10.3 Å². The maximum atomic E-state index is 12.3. The van der Waals surface area contributed by atoms with Gasteiger partial charge in [-0.25, -0.2) is 0 Å². The molecule has 5 nitrogen and oxygen atoms in total. The Bertz CT molecular complexity index is 704. The Labute approximate surface area is 131 Å². The van der Waals surface area contributed by atoms with E-state index in [0.717, 1.165) is 4.88 Å².